The van der Waals surface area contributed by atoms with Gasteiger partial charge in [0.25, 0.3) is 0 Å². The van der Waals surface area contributed by atoms with Crippen molar-refractivity contribution >= 4 is 11.0 Å². The van der Waals surface area contributed by atoms with Gasteiger partial charge < -0.3 is 14.3 Å². The van der Waals surface area contributed by atoms with Gasteiger partial charge in [0.1, 0.15) is 11.3 Å². The Morgan fingerprint density at radius 2 is 2.22 bits per heavy atom. The molecule has 1 aromatic carbocycles. The van der Waals surface area contributed by atoms with Crippen LogP contribution < -0.4 is 10.4 Å². The highest BCUT2D eigenvalue weighted by atomic mass is 16.5. The van der Waals surface area contributed by atoms with Crippen LogP contribution in [0.3, 0.4) is 0 Å². The highest BCUT2D eigenvalue weighted by molar-refractivity contribution is 5.81. The molecule has 0 bridgehead atoms. The molecule has 5 heteroatoms. The number of fused-ring (bicyclic) bond motifs is 1. The lowest BCUT2D eigenvalue weighted by Crippen LogP contribution is -2.45. The van der Waals surface area contributed by atoms with Crippen LogP contribution in [0.1, 0.15) is 31.7 Å². The minimum atomic E-state index is -0.373. The Balaban J connectivity index is 1.97. The van der Waals surface area contributed by atoms with E-state index in [0.717, 1.165) is 36.8 Å². The molecule has 0 amide bonds. The number of nitrogens with zero attached hydrogens (tertiary/aromatic N) is 1. The topological polar surface area (TPSA) is 62.9 Å². The van der Waals surface area contributed by atoms with Gasteiger partial charge in [-0.1, -0.05) is 6.42 Å². The molecule has 2 aromatic rings. The van der Waals surface area contributed by atoms with Crippen LogP contribution in [0.4, 0.5) is 0 Å². The lowest BCUT2D eigenvalue weighted by molar-refractivity contribution is 0.0318. The number of aliphatic hydroxyl groups is 1. The first-order valence-electron chi connectivity index (χ1n) is 8.11. The van der Waals surface area contributed by atoms with E-state index in [1.807, 2.05) is 19.1 Å². The Morgan fingerprint density at radius 3 is 2.96 bits per heavy atom. The van der Waals surface area contributed by atoms with E-state index in [4.69, 9.17) is 9.15 Å². The van der Waals surface area contributed by atoms with E-state index in [-0.39, 0.29) is 17.8 Å². The molecule has 0 saturated carbocycles. The molecule has 3 rings (SSSR count). The Kier molecular flexibility index (Phi) is 4.68. The maximum atomic E-state index is 11.9. The summed E-state index contributed by atoms with van der Waals surface area (Å²) in [6, 6.07) is 7.23. The van der Waals surface area contributed by atoms with Gasteiger partial charge in [-0.15, -0.1) is 0 Å². The first kappa shape index (κ1) is 16.0. The van der Waals surface area contributed by atoms with Gasteiger partial charge in [-0.2, -0.15) is 0 Å². The van der Waals surface area contributed by atoms with Crippen molar-refractivity contribution < 1.29 is 14.3 Å². The molecule has 0 radical (unpaired) electrons. The second-order valence-corrected chi connectivity index (χ2v) is 6.23. The SMILES string of the molecule is COc1ccc2c(CN3CCCCC3C(C)O)cc(=O)oc2c1. The molecule has 5 nitrogen and oxygen atoms in total. The maximum Gasteiger partial charge on any atom is 0.336 e. The summed E-state index contributed by atoms with van der Waals surface area (Å²) < 4.78 is 10.5. The smallest absolute Gasteiger partial charge is 0.336 e. The van der Waals surface area contributed by atoms with Gasteiger partial charge in [-0.25, -0.2) is 4.79 Å². The zero-order valence-electron chi connectivity index (χ0n) is 13.6. The molecule has 2 heterocycles. The van der Waals surface area contributed by atoms with Gasteiger partial charge in [-0.05, 0) is 44.0 Å². The summed E-state index contributed by atoms with van der Waals surface area (Å²) in [4.78, 5) is 14.2. The van der Waals surface area contributed by atoms with Crippen LogP contribution in [-0.4, -0.2) is 35.8 Å². The molecule has 0 aliphatic carbocycles. The number of methoxy groups -OCH3 is 1. The van der Waals surface area contributed by atoms with Crippen LogP contribution in [0.15, 0.2) is 33.5 Å². The Bertz CT molecular complexity index is 737. The summed E-state index contributed by atoms with van der Waals surface area (Å²) in [5.41, 5.74) is 1.12. The zero-order chi connectivity index (χ0) is 16.4. The Morgan fingerprint density at radius 1 is 1.39 bits per heavy atom. The summed E-state index contributed by atoms with van der Waals surface area (Å²) >= 11 is 0. The van der Waals surface area contributed by atoms with Crippen LogP contribution in [0.2, 0.25) is 0 Å². The largest absolute Gasteiger partial charge is 0.497 e. The fourth-order valence-corrected chi connectivity index (χ4v) is 3.45. The highest BCUT2D eigenvalue weighted by Gasteiger charge is 2.26. The lowest BCUT2D eigenvalue weighted by atomic mass is 9.97. The van der Waals surface area contributed by atoms with E-state index in [0.29, 0.717) is 17.9 Å². The second-order valence-electron chi connectivity index (χ2n) is 6.23. The van der Waals surface area contributed by atoms with Crippen molar-refractivity contribution in [3.05, 3.63) is 40.2 Å². The second kappa shape index (κ2) is 6.72. The van der Waals surface area contributed by atoms with Crippen molar-refractivity contribution in [1.29, 1.82) is 0 Å². The Hall–Kier alpha value is -1.85. The molecular weight excluding hydrogens is 294 g/mol. The third kappa shape index (κ3) is 3.41. The molecule has 1 N–H and O–H groups in total. The Labute approximate surface area is 135 Å². The predicted octanol–water partition coefficient (Wildman–Crippen LogP) is 2.54. The normalized spacial score (nSPS) is 20.6. The van der Waals surface area contributed by atoms with Crippen LogP contribution in [0.25, 0.3) is 11.0 Å². The minimum Gasteiger partial charge on any atom is -0.497 e. The van der Waals surface area contributed by atoms with Crippen molar-refractivity contribution in [2.45, 2.75) is 44.9 Å². The molecular formula is C18H23NO4. The number of ether oxygens (including phenoxy) is 1. The highest BCUT2D eigenvalue weighted by Crippen LogP contribution is 2.26. The van der Waals surface area contributed by atoms with Crippen molar-refractivity contribution in [3.8, 4) is 5.75 Å². The van der Waals surface area contributed by atoms with E-state index < -0.39 is 0 Å². The van der Waals surface area contributed by atoms with Crippen LogP contribution in [0, 0.1) is 0 Å². The zero-order valence-corrected chi connectivity index (χ0v) is 13.6. The summed E-state index contributed by atoms with van der Waals surface area (Å²) in [5, 5.41) is 10.9. The van der Waals surface area contributed by atoms with Crippen LogP contribution >= 0.6 is 0 Å². The maximum absolute atomic E-state index is 11.9. The predicted molar refractivity (Wildman–Crippen MR) is 88.8 cm³/mol. The minimum absolute atomic E-state index is 0.143. The quantitative estimate of drug-likeness (QED) is 0.878. The number of hydrogen-bond acceptors (Lipinski definition) is 5. The molecule has 1 aliphatic rings. The molecule has 2 unspecified atom stereocenters. The standard InChI is InChI=1S/C18H23NO4/c1-12(20)16-5-3-4-8-19(16)11-13-9-18(21)23-17-10-14(22-2)6-7-15(13)17/h6-7,9-10,12,16,20H,3-5,8,11H2,1-2H3. The molecule has 124 valence electrons. The molecule has 1 aromatic heterocycles. The summed E-state index contributed by atoms with van der Waals surface area (Å²) in [7, 11) is 1.59. The monoisotopic (exact) mass is 317 g/mol. The van der Waals surface area contributed by atoms with Gasteiger partial charge in [-0.3, -0.25) is 4.90 Å². The molecule has 23 heavy (non-hydrogen) atoms. The molecule has 0 spiro atoms. The average Bonchev–Trinajstić information content (AvgIpc) is 2.54. The fraction of sp³-hybridized carbons (Fsp3) is 0.500. The van der Waals surface area contributed by atoms with Gasteiger partial charge in [0.15, 0.2) is 0 Å². The van der Waals surface area contributed by atoms with Crippen molar-refractivity contribution in [2.24, 2.45) is 0 Å². The van der Waals surface area contributed by atoms with Gasteiger partial charge in [0.05, 0.1) is 13.2 Å². The first-order valence-corrected chi connectivity index (χ1v) is 8.11. The van der Waals surface area contributed by atoms with E-state index in [2.05, 4.69) is 4.90 Å². The first-order chi connectivity index (χ1) is 11.1. The third-order valence-corrected chi connectivity index (χ3v) is 4.63. The average molecular weight is 317 g/mol. The number of rotatable bonds is 4. The summed E-state index contributed by atoms with van der Waals surface area (Å²) in [6.07, 6.45) is 2.88. The van der Waals surface area contributed by atoms with Crippen molar-refractivity contribution in [3.63, 3.8) is 0 Å². The number of hydrogen-bond donors (Lipinski definition) is 1. The van der Waals surface area contributed by atoms with Crippen LogP contribution in [0.5, 0.6) is 5.75 Å². The number of benzene rings is 1. The number of likely N-dealkylation sites (tertiary alicyclic amines) is 1. The van der Waals surface area contributed by atoms with Crippen LogP contribution in [-0.2, 0) is 6.54 Å². The third-order valence-electron chi connectivity index (χ3n) is 4.63. The molecule has 2 atom stereocenters. The van der Waals surface area contributed by atoms with Gasteiger partial charge in [0, 0.05) is 30.1 Å². The number of aliphatic hydroxyl groups excluding tert-OH is 1. The van der Waals surface area contributed by atoms with E-state index in [1.54, 1.807) is 19.2 Å². The summed E-state index contributed by atoms with van der Waals surface area (Å²) in [6.45, 7) is 3.42. The molecule has 1 aliphatic heterocycles. The van der Waals surface area contributed by atoms with Gasteiger partial charge in [0.2, 0.25) is 0 Å². The van der Waals surface area contributed by atoms with E-state index in [1.165, 1.54) is 0 Å². The molecule has 1 saturated heterocycles. The van der Waals surface area contributed by atoms with Gasteiger partial charge >= 0.3 is 5.63 Å². The number of piperidine rings is 1. The molecule has 1 fully saturated rings. The van der Waals surface area contributed by atoms with E-state index in [9.17, 15) is 9.90 Å². The fourth-order valence-electron chi connectivity index (χ4n) is 3.45. The van der Waals surface area contributed by atoms with E-state index >= 15 is 0 Å². The lowest BCUT2D eigenvalue weighted by Gasteiger charge is -2.37. The van der Waals surface area contributed by atoms with Crippen molar-refractivity contribution in [1.82, 2.24) is 4.90 Å². The summed E-state index contributed by atoms with van der Waals surface area (Å²) in [5.74, 6) is 0.664. The van der Waals surface area contributed by atoms with Crippen molar-refractivity contribution in [2.75, 3.05) is 13.7 Å².